The average Bonchev–Trinajstić information content (AvgIpc) is 2.77. The molecule has 9 nitrogen and oxygen atoms in total. The Bertz CT molecular complexity index is 1220. The van der Waals surface area contributed by atoms with Gasteiger partial charge in [0.15, 0.2) is 0 Å². The molecule has 3 N–H and O–H groups in total. The molecule has 3 aromatic rings. The highest BCUT2D eigenvalue weighted by Gasteiger charge is 2.13. The number of imide groups is 1. The lowest BCUT2D eigenvalue weighted by atomic mass is 10.1. The van der Waals surface area contributed by atoms with Gasteiger partial charge in [0.05, 0.1) is 18.7 Å². The maximum absolute atomic E-state index is 14.5. The smallest absolute Gasteiger partial charge is 0.325 e. The number of anilines is 2. The topological polar surface area (TPSA) is 113 Å². The van der Waals surface area contributed by atoms with Crippen molar-refractivity contribution < 1.29 is 27.9 Å². The second-order valence-corrected chi connectivity index (χ2v) is 7.71. The summed E-state index contributed by atoms with van der Waals surface area (Å²) in [6.07, 6.45) is 1.28. The van der Waals surface area contributed by atoms with E-state index in [9.17, 15) is 23.2 Å². The molecule has 0 radical (unpaired) electrons. The molecule has 1 heterocycles. The van der Waals surface area contributed by atoms with Gasteiger partial charge in [-0.1, -0.05) is 12.1 Å². The zero-order valence-electron chi connectivity index (χ0n) is 19.0. The molecule has 3 rings (SSSR count). The Kier molecular flexibility index (Phi) is 8.41. The van der Waals surface area contributed by atoms with E-state index >= 15 is 0 Å². The molecule has 35 heavy (non-hydrogen) atoms. The number of aromatic nitrogens is 1. The summed E-state index contributed by atoms with van der Waals surface area (Å²) in [5, 5.41) is 6.96. The van der Waals surface area contributed by atoms with Crippen LogP contribution < -0.4 is 20.7 Å². The Balaban J connectivity index is 1.56. The minimum Gasteiger partial charge on any atom is -0.457 e. The fraction of sp³-hybridized carbons (Fsp3) is 0.167. The van der Waals surface area contributed by atoms with Crippen molar-refractivity contribution in [1.29, 1.82) is 0 Å². The molecule has 0 saturated carbocycles. The number of halogens is 2. The molecule has 0 unspecified atom stereocenters. The summed E-state index contributed by atoms with van der Waals surface area (Å²) in [5.41, 5.74) is 0.344. The zero-order chi connectivity index (χ0) is 25.4. The molecule has 0 aliphatic heterocycles. The van der Waals surface area contributed by atoms with Gasteiger partial charge in [-0.15, -0.1) is 0 Å². The second-order valence-electron chi connectivity index (χ2n) is 7.71. The van der Waals surface area contributed by atoms with Crippen LogP contribution in [0.25, 0.3) is 0 Å². The average molecular weight is 483 g/mol. The van der Waals surface area contributed by atoms with E-state index in [-0.39, 0.29) is 36.1 Å². The number of nitrogens with one attached hydrogen (secondary N) is 3. The molecule has 2 aromatic carbocycles. The van der Waals surface area contributed by atoms with Crippen molar-refractivity contribution in [2.24, 2.45) is 0 Å². The van der Waals surface area contributed by atoms with E-state index in [4.69, 9.17) is 4.74 Å². The Morgan fingerprint density at radius 2 is 1.63 bits per heavy atom. The molecule has 1 aromatic heterocycles. The van der Waals surface area contributed by atoms with E-state index in [1.807, 2.05) is 0 Å². The summed E-state index contributed by atoms with van der Waals surface area (Å²) in [6.45, 7) is 0.178. The number of ether oxygens (including phenoxy) is 1. The number of carbonyl (C=O) groups is 3. The van der Waals surface area contributed by atoms with E-state index in [0.29, 0.717) is 11.3 Å². The third kappa shape index (κ3) is 8.16. The van der Waals surface area contributed by atoms with Gasteiger partial charge in [0.1, 0.15) is 29.0 Å². The van der Waals surface area contributed by atoms with E-state index < -0.39 is 23.6 Å². The number of pyridine rings is 1. The van der Waals surface area contributed by atoms with Gasteiger partial charge in [0.25, 0.3) is 0 Å². The first-order chi connectivity index (χ1) is 16.7. The molecule has 0 aliphatic carbocycles. The van der Waals surface area contributed by atoms with Crippen molar-refractivity contribution in [2.45, 2.75) is 6.42 Å². The van der Waals surface area contributed by atoms with Crippen LogP contribution in [0.2, 0.25) is 0 Å². The molecular formula is C24H23F2N5O4. The standard InChI is InChI=1S/C24H23F2N5O4/c1-31(2)14-23(33)29-21-13-18(9-10-27-21)35-17-7-8-20(19(26)12-17)28-24(34)30-22(32)11-15-3-5-16(25)6-4-15/h3-10,12-13H,11,14H2,1-2H3,(H,27,29,33)(H2,28,30,32,34). The van der Waals surface area contributed by atoms with Crippen LogP contribution in [0.5, 0.6) is 11.5 Å². The molecular weight excluding hydrogens is 460 g/mol. The largest absolute Gasteiger partial charge is 0.457 e. The Labute approximate surface area is 200 Å². The van der Waals surface area contributed by atoms with Crippen LogP contribution in [0, 0.1) is 11.6 Å². The normalized spacial score (nSPS) is 10.5. The third-order valence-corrected chi connectivity index (χ3v) is 4.41. The van der Waals surface area contributed by atoms with Crippen molar-refractivity contribution in [2.75, 3.05) is 31.3 Å². The summed E-state index contributed by atoms with van der Waals surface area (Å²) in [7, 11) is 3.52. The molecule has 0 spiro atoms. The van der Waals surface area contributed by atoms with Gasteiger partial charge in [-0.2, -0.15) is 0 Å². The predicted octanol–water partition coefficient (Wildman–Crippen LogP) is 3.54. The van der Waals surface area contributed by atoms with Gasteiger partial charge in [0, 0.05) is 18.3 Å². The Hall–Kier alpha value is -4.38. The van der Waals surface area contributed by atoms with E-state index in [1.54, 1.807) is 19.0 Å². The minimum absolute atomic E-state index is 0.137. The van der Waals surface area contributed by atoms with Gasteiger partial charge in [-0.3, -0.25) is 14.9 Å². The molecule has 182 valence electrons. The van der Waals surface area contributed by atoms with Crippen LogP contribution in [0.15, 0.2) is 60.8 Å². The van der Waals surface area contributed by atoms with Crippen LogP contribution in [-0.2, 0) is 16.0 Å². The van der Waals surface area contributed by atoms with Gasteiger partial charge < -0.3 is 20.3 Å². The van der Waals surface area contributed by atoms with Crippen molar-refractivity contribution in [1.82, 2.24) is 15.2 Å². The monoisotopic (exact) mass is 483 g/mol. The Morgan fingerprint density at radius 1 is 0.914 bits per heavy atom. The number of likely N-dealkylation sites (N-methyl/N-ethyl adjacent to an activating group) is 1. The summed E-state index contributed by atoms with van der Waals surface area (Å²) in [6, 6.07) is 11.1. The van der Waals surface area contributed by atoms with Crippen molar-refractivity contribution in [3.05, 3.63) is 78.0 Å². The van der Waals surface area contributed by atoms with Crippen LogP contribution in [0.1, 0.15) is 5.56 Å². The lowest BCUT2D eigenvalue weighted by Crippen LogP contribution is -2.35. The number of rotatable bonds is 8. The van der Waals surface area contributed by atoms with Gasteiger partial charge >= 0.3 is 6.03 Å². The zero-order valence-corrected chi connectivity index (χ0v) is 19.0. The fourth-order valence-corrected chi connectivity index (χ4v) is 2.92. The van der Waals surface area contributed by atoms with Crippen LogP contribution in [0.4, 0.5) is 25.1 Å². The summed E-state index contributed by atoms with van der Waals surface area (Å²) in [4.78, 5) is 41.6. The number of benzene rings is 2. The van der Waals surface area contributed by atoms with Crippen molar-refractivity contribution >= 4 is 29.4 Å². The molecule has 11 heteroatoms. The Morgan fingerprint density at radius 3 is 2.31 bits per heavy atom. The van der Waals surface area contributed by atoms with Crippen molar-refractivity contribution in [3.63, 3.8) is 0 Å². The molecule has 4 amide bonds. The van der Waals surface area contributed by atoms with Gasteiger partial charge in [-0.05, 0) is 50.0 Å². The number of nitrogens with zero attached hydrogens (tertiary/aromatic N) is 2. The van der Waals surface area contributed by atoms with Crippen LogP contribution in [0.3, 0.4) is 0 Å². The number of amides is 4. The first-order valence-electron chi connectivity index (χ1n) is 10.4. The number of urea groups is 1. The minimum atomic E-state index is -0.920. The van der Waals surface area contributed by atoms with E-state index in [0.717, 1.165) is 6.07 Å². The molecule has 0 saturated heterocycles. The van der Waals surface area contributed by atoms with Gasteiger partial charge in [-0.25, -0.2) is 18.6 Å². The maximum Gasteiger partial charge on any atom is 0.325 e. The second kappa shape index (κ2) is 11.7. The molecule has 0 bridgehead atoms. The fourth-order valence-electron chi connectivity index (χ4n) is 2.92. The van der Waals surface area contributed by atoms with Crippen LogP contribution in [-0.4, -0.2) is 48.4 Å². The van der Waals surface area contributed by atoms with E-state index in [1.165, 1.54) is 54.7 Å². The third-order valence-electron chi connectivity index (χ3n) is 4.41. The van der Waals surface area contributed by atoms with E-state index in [2.05, 4.69) is 20.9 Å². The quantitative estimate of drug-likeness (QED) is 0.452. The molecule has 0 aliphatic rings. The number of carbonyl (C=O) groups excluding carboxylic acids is 3. The van der Waals surface area contributed by atoms with Crippen molar-refractivity contribution in [3.8, 4) is 11.5 Å². The van der Waals surface area contributed by atoms with Crippen LogP contribution >= 0.6 is 0 Å². The predicted molar refractivity (Wildman–Crippen MR) is 125 cm³/mol. The molecule has 0 fully saturated rings. The lowest BCUT2D eigenvalue weighted by Gasteiger charge is -2.12. The highest BCUT2D eigenvalue weighted by Crippen LogP contribution is 2.26. The summed E-state index contributed by atoms with van der Waals surface area (Å²) in [5.74, 6) is -1.41. The highest BCUT2D eigenvalue weighted by molar-refractivity contribution is 6.01. The summed E-state index contributed by atoms with van der Waals surface area (Å²) < 4.78 is 33.0. The lowest BCUT2D eigenvalue weighted by molar-refractivity contribution is -0.119. The number of hydrogen-bond acceptors (Lipinski definition) is 6. The first kappa shape index (κ1) is 25.2. The number of hydrogen-bond donors (Lipinski definition) is 3. The SMILES string of the molecule is CN(C)CC(=O)Nc1cc(Oc2ccc(NC(=O)NC(=O)Cc3ccc(F)cc3)c(F)c2)ccn1. The maximum atomic E-state index is 14.5. The highest BCUT2D eigenvalue weighted by atomic mass is 19.1. The first-order valence-corrected chi connectivity index (χ1v) is 10.4. The summed E-state index contributed by atoms with van der Waals surface area (Å²) >= 11 is 0. The van der Waals surface area contributed by atoms with Gasteiger partial charge in [0.2, 0.25) is 11.8 Å². The molecule has 0 atom stereocenters.